The largest absolute Gasteiger partial charge is 0.422 e. The molecule has 0 amide bonds. The molecule has 1 aliphatic heterocycles. The molecule has 1 N–H and O–H groups in total. The summed E-state index contributed by atoms with van der Waals surface area (Å²) in [5, 5.41) is 3.05. The van der Waals surface area contributed by atoms with Crippen LogP contribution in [0.25, 0.3) is 21.7 Å². The summed E-state index contributed by atoms with van der Waals surface area (Å²) in [4.78, 5) is 16.0. The summed E-state index contributed by atoms with van der Waals surface area (Å²) in [6, 6.07) is 20.4. The number of anilines is 1. The van der Waals surface area contributed by atoms with Crippen molar-refractivity contribution in [3.63, 3.8) is 0 Å². The second-order valence-corrected chi connectivity index (χ2v) is 7.64. The van der Waals surface area contributed by atoms with Crippen molar-refractivity contribution in [2.24, 2.45) is 0 Å². The van der Waals surface area contributed by atoms with Crippen molar-refractivity contribution in [2.45, 2.75) is 6.54 Å². The summed E-state index contributed by atoms with van der Waals surface area (Å²) >= 11 is 0. The van der Waals surface area contributed by atoms with Crippen LogP contribution in [0.1, 0.15) is 5.56 Å². The van der Waals surface area contributed by atoms with Crippen molar-refractivity contribution < 1.29 is 13.7 Å². The maximum absolute atomic E-state index is 13.2. The molecule has 0 radical (unpaired) electrons. The van der Waals surface area contributed by atoms with Gasteiger partial charge in [0, 0.05) is 28.1 Å². The Morgan fingerprint density at radius 3 is 2.48 bits per heavy atom. The van der Waals surface area contributed by atoms with Gasteiger partial charge in [-0.1, -0.05) is 36.4 Å². The Bertz CT molecular complexity index is 1230. The Labute approximate surface area is 167 Å². The number of nitrogens with one attached hydrogen (secondary N) is 1. The maximum Gasteiger partial charge on any atom is 0.336 e. The zero-order valence-corrected chi connectivity index (χ0v) is 16.0. The number of benzene rings is 3. The van der Waals surface area contributed by atoms with Crippen molar-refractivity contribution >= 4 is 27.4 Å². The van der Waals surface area contributed by atoms with Gasteiger partial charge in [0.05, 0.1) is 26.2 Å². The SMILES string of the molecule is O=c1cc(C[NH+]2CCN(c3ccc(F)cc3)CC2)c2ccc3ccccc3c2o1. The smallest absolute Gasteiger partial charge is 0.336 e. The van der Waals surface area contributed by atoms with Crippen LogP contribution in [0.15, 0.2) is 75.9 Å². The van der Waals surface area contributed by atoms with E-state index in [-0.39, 0.29) is 11.4 Å². The van der Waals surface area contributed by atoms with E-state index in [0.717, 1.165) is 60.1 Å². The predicted molar refractivity (Wildman–Crippen MR) is 113 cm³/mol. The van der Waals surface area contributed by atoms with Crippen molar-refractivity contribution in [3.8, 4) is 0 Å². The molecule has 0 saturated carbocycles. The van der Waals surface area contributed by atoms with Gasteiger partial charge in [-0.2, -0.15) is 0 Å². The van der Waals surface area contributed by atoms with E-state index in [0.29, 0.717) is 5.58 Å². The fourth-order valence-corrected chi connectivity index (χ4v) is 4.28. The topological polar surface area (TPSA) is 37.9 Å². The number of fused-ring (bicyclic) bond motifs is 3. The molecular formula is C24H22FN2O2+. The molecule has 3 aromatic carbocycles. The predicted octanol–water partition coefficient (Wildman–Crippen LogP) is 2.99. The summed E-state index contributed by atoms with van der Waals surface area (Å²) in [6.07, 6.45) is 0. The molecule has 0 unspecified atom stereocenters. The number of quaternary nitrogens is 1. The van der Waals surface area contributed by atoms with Crippen LogP contribution in [0.5, 0.6) is 0 Å². The van der Waals surface area contributed by atoms with Crippen LogP contribution >= 0.6 is 0 Å². The fraction of sp³-hybridized carbons (Fsp3) is 0.208. The maximum atomic E-state index is 13.2. The molecule has 4 nitrogen and oxygen atoms in total. The summed E-state index contributed by atoms with van der Waals surface area (Å²) in [5.74, 6) is -0.208. The number of hydrogen-bond donors (Lipinski definition) is 1. The summed E-state index contributed by atoms with van der Waals surface area (Å²) < 4.78 is 18.7. The highest BCUT2D eigenvalue weighted by Gasteiger charge is 2.22. The Kier molecular flexibility index (Phi) is 4.52. The Hall–Kier alpha value is -3.18. The lowest BCUT2D eigenvalue weighted by molar-refractivity contribution is -0.914. The molecular weight excluding hydrogens is 367 g/mol. The monoisotopic (exact) mass is 389 g/mol. The van der Waals surface area contributed by atoms with Crippen LogP contribution in [-0.2, 0) is 6.54 Å². The van der Waals surface area contributed by atoms with Crippen molar-refractivity contribution in [1.29, 1.82) is 0 Å². The van der Waals surface area contributed by atoms with E-state index in [1.807, 2.05) is 36.4 Å². The van der Waals surface area contributed by atoms with E-state index in [4.69, 9.17) is 4.42 Å². The molecule has 1 fully saturated rings. The number of piperazine rings is 1. The lowest BCUT2D eigenvalue weighted by Crippen LogP contribution is -3.13. The van der Waals surface area contributed by atoms with Gasteiger partial charge in [0.1, 0.15) is 17.9 Å². The molecule has 2 heterocycles. The molecule has 5 rings (SSSR count). The molecule has 1 aromatic heterocycles. The number of hydrogen-bond acceptors (Lipinski definition) is 3. The lowest BCUT2D eigenvalue weighted by Gasteiger charge is -2.33. The number of rotatable bonds is 3. The fourth-order valence-electron chi connectivity index (χ4n) is 4.28. The molecule has 5 heteroatoms. The van der Waals surface area contributed by atoms with Crippen LogP contribution in [0.3, 0.4) is 0 Å². The first-order chi connectivity index (χ1) is 14.2. The first-order valence-electron chi connectivity index (χ1n) is 9.96. The summed E-state index contributed by atoms with van der Waals surface area (Å²) in [6.45, 7) is 4.53. The molecule has 146 valence electrons. The second kappa shape index (κ2) is 7.33. The van der Waals surface area contributed by atoms with E-state index < -0.39 is 0 Å². The number of nitrogens with zero attached hydrogens (tertiary/aromatic N) is 1. The van der Waals surface area contributed by atoms with E-state index in [2.05, 4.69) is 17.0 Å². The van der Waals surface area contributed by atoms with Gasteiger partial charge in [0.15, 0.2) is 0 Å². The summed E-state index contributed by atoms with van der Waals surface area (Å²) in [7, 11) is 0. The quantitative estimate of drug-likeness (QED) is 0.432. The van der Waals surface area contributed by atoms with Crippen LogP contribution in [-0.4, -0.2) is 26.2 Å². The van der Waals surface area contributed by atoms with Crippen LogP contribution in [0.4, 0.5) is 10.1 Å². The highest BCUT2D eigenvalue weighted by atomic mass is 19.1. The van der Waals surface area contributed by atoms with Gasteiger partial charge in [-0.25, -0.2) is 9.18 Å². The van der Waals surface area contributed by atoms with Gasteiger partial charge in [0.2, 0.25) is 0 Å². The van der Waals surface area contributed by atoms with E-state index >= 15 is 0 Å². The second-order valence-electron chi connectivity index (χ2n) is 7.64. The van der Waals surface area contributed by atoms with Gasteiger partial charge in [-0.15, -0.1) is 0 Å². The molecule has 29 heavy (non-hydrogen) atoms. The standard InChI is InChI=1S/C24H21FN2O2/c25-19-6-8-20(9-7-19)27-13-11-26(12-14-27)16-18-15-23(28)29-24-21-4-2-1-3-17(21)5-10-22(18)24/h1-10,15H,11-14,16H2/p+1. The van der Waals surface area contributed by atoms with Crippen molar-refractivity contribution in [3.05, 3.63) is 88.5 Å². The first-order valence-corrected chi connectivity index (χ1v) is 9.96. The van der Waals surface area contributed by atoms with Crippen molar-refractivity contribution in [1.82, 2.24) is 0 Å². The summed E-state index contributed by atoms with van der Waals surface area (Å²) in [5.41, 5.74) is 2.47. The zero-order chi connectivity index (χ0) is 19.8. The lowest BCUT2D eigenvalue weighted by atomic mass is 10.0. The van der Waals surface area contributed by atoms with Crippen LogP contribution < -0.4 is 15.4 Å². The van der Waals surface area contributed by atoms with Crippen molar-refractivity contribution in [2.75, 3.05) is 31.1 Å². The van der Waals surface area contributed by atoms with E-state index in [1.54, 1.807) is 6.07 Å². The molecule has 0 bridgehead atoms. The van der Waals surface area contributed by atoms with Gasteiger partial charge in [-0.05, 0) is 29.7 Å². The van der Waals surface area contributed by atoms with Gasteiger partial charge >= 0.3 is 5.63 Å². The first kappa shape index (κ1) is 17.9. The Morgan fingerprint density at radius 2 is 1.69 bits per heavy atom. The average Bonchev–Trinajstić information content (AvgIpc) is 2.75. The van der Waals surface area contributed by atoms with Gasteiger partial charge in [-0.3, -0.25) is 0 Å². The molecule has 0 spiro atoms. The molecule has 0 aliphatic carbocycles. The molecule has 4 aromatic rings. The molecule has 1 saturated heterocycles. The van der Waals surface area contributed by atoms with E-state index in [9.17, 15) is 9.18 Å². The third kappa shape index (κ3) is 3.49. The highest BCUT2D eigenvalue weighted by Crippen LogP contribution is 2.26. The third-order valence-electron chi connectivity index (χ3n) is 5.82. The van der Waals surface area contributed by atoms with Crippen LogP contribution in [0, 0.1) is 5.82 Å². The van der Waals surface area contributed by atoms with Gasteiger partial charge < -0.3 is 14.2 Å². The van der Waals surface area contributed by atoms with E-state index in [1.165, 1.54) is 17.0 Å². The minimum Gasteiger partial charge on any atom is -0.422 e. The van der Waals surface area contributed by atoms with Crippen LogP contribution in [0.2, 0.25) is 0 Å². The molecule has 0 atom stereocenters. The normalized spacial score (nSPS) is 15.3. The highest BCUT2D eigenvalue weighted by molar-refractivity contribution is 6.04. The number of halogens is 1. The third-order valence-corrected chi connectivity index (χ3v) is 5.82. The Balaban J connectivity index is 1.39. The minimum absolute atomic E-state index is 0.208. The average molecular weight is 389 g/mol. The Morgan fingerprint density at radius 1 is 0.931 bits per heavy atom. The van der Waals surface area contributed by atoms with Gasteiger partial charge in [0.25, 0.3) is 0 Å². The minimum atomic E-state index is -0.298. The zero-order valence-electron chi connectivity index (χ0n) is 16.0. The molecule has 1 aliphatic rings.